The monoisotopic (exact) mass is 388 g/mol. The van der Waals surface area contributed by atoms with Gasteiger partial charge in [0.05, 0.1) is 10.2 Å². The van der Waals surface area contributed by atoms with Gasteiger partial charge >= 0.3 is 6.29 Å². The molecule has 1 heterocycles. The molecule has 0 fully saturated rings. The number of hydrogen-bond acceptors (Lipinski definition) is 3. The van der Waals surface area contributed by atoms with Crippen molar-refractivity contribution in [2.45, 2.75) is 6.29 Å². The molecular weight excluding hydrogens is 386 g/mol. The first-order valence-electron chi connectivity index (χ1n) is 4.14. The third kappa shape index (κ3) is 2.45. The topological polar surface area (TPSA) is 56.5 Å². The van der Waals surface area contributed by atoms with Crippen LogP contribution in [0.15, 0.2) is 15.0 Å². The number of thiocarbonyl (C=S) groups is 1. The molecule has 1 aromatic rings. The van der Waals surface area contributed by atoms with Crippen molar-refractivity contribution in [2.75, 3.05) is 5.32 Å². The normalized spacial score (nSPS) is 15.8. The van der Waals surface area contributed by atoms with Crippen LogP contribution in [0, 0.1) is 0 Å². The van der Waals surface area contributed by atoms with E-state index in [1.165, 1.54) is 6.07 Å². The van der Waals surface area contributed by atoms with Crippen LogP contribution in [0.25, 0.3) is 0 Å². The largest absolute Gasteiger partial charge is 0.586 e. The zero-order chi connectivity index (χ0) is 12.8. The minimum absolute atomic E-state index is 0.00275. The molecule has 1 aliphatic rings. The average molecular weight is 390 g/mol. The molecule has 0 saturated carbocycles. The maximum absolute atomic E-state index is 12.9. The lowest BCUT2D eigenvalue weighted by Crippen LogP contribution is -2.26. The summed E-state index contributed by atoms with van der Waals surface area (Å²) >= 11 is 11.0. The maximum atomic E-state index is 12.9. The molecule has 4 nitrogen and oxygen atoms in total. The molecule has 0 unspecified atom stereocenters. The summed E-state index contributed by atoms with van der Waals surface area (Å²) in [4.78, 5) is 0. The Hall–Kier alpha value is -0.670. The van der Waals surface area contributed by atoms with Crippen molar-refractivity contribution in [3.8, 4) is 11.5 Å². The standard InChI is InChI=1S/C8H4Br2F2N2O2S/c9-2-1-3-6(16-8(11,12)15-3)4(10)5(2)14-7(13)17/h1H,(H3,13,14,17). The molecule has 0 aromatic heterocycles. The van der Waals surface area contributed by atoms with E-state index in [1.54, 1.807) is 0 Å². The van der Waals surface area contributed by atoms with Crippen LogP contribution in [0.5, 0.6) is 11.5 Å². The Kier molecular flexibility index (Phi) is 3.17. The van der Waals surface area contributed by atoms with E-state index in [0.29, 0.717) is 10.2 Å². The summed E-state index contributed by atoms with van der Waals surface area (Å²) in [6, 6.07) is 1.33. The van der Waals surface area contributed by atoms with Gasteiger partial charge in [-0.2, -0.15) is 0 Å². The average Bonchev–Trinajstić information content (AvgIpc) is 2.47. The molecule has 92 valence electrons. The van der Waals surface area contributed by atoms with Gasteiger partial charge in [0.2, 0.25) is 0 Å². The van der Waals surface area contributed by atoms with E-state index in [4.69, 9.17) is 5.73 Å². The predicted molar refractivity (Wildman–Crippen MR) is 68.5 cm³/mol. The van der Waals surface area contributed by atoms with E-state index < -0.39 is 6.29 Å². The van der Waals surface area contributed by atoms with Crippen molar-refractivity contribution >= 4 is 54.9 Å². The van der Waals surface area contributed by atoms with Crippen LogP contribution in [0.1, 0.15) is 0 Å². The van der Waals surface area contributed by atoms with Gasteiger partial charge < -0.3 is 20.5 Å². The zero-order valence-corrected chi connectivity index (χ0v) is 11.9. The van der Waals surface area contributed by atoms with E-state index >= 15 is 0 Å². The molecule has 0 bridgehead atoms. The van der Waals surface area contributed by atoms with E-state index in [1.807, 2.05) is 0 Å². The van der Waals surface area contributed by atoms with E-state index in [0.717, 1.165) is 0 Å². The molecule has 17 heavy (non-hydrogen) atoms. The number of halogens is 4. The van der Waals surface area contributed by atoms with Crippen LogP contribution in [0.4, 0.5) is 14.5 Å². The lowest BCUT2D eigenvalue weighted by Gasteiger charge is -2.10. The summed E-state index contributed by atoms with van der Waals surface area (Å²) in [5.41, 5.74) is 5.71. The van der Waals surface area contributed by atoms with Gasteiger partial charge in [0, 0.05) is 10.5 Å². The Bertz CT molecular complexity index is 513. The summed E-state index contributed by atoms with van der Waals surface area (Å²) in [6.07, 6.45) is -3.67. The first kappa shape index (κ1) is 12.8. The highest BCUT2D eigenvalue weighted by molar-refractivity contribution is 9.11. The molecule has 3 N–H and O–H groups in total. The van der Waals surface area contributed by atoms with Crippen molar-refractivity contribution in [3.05, 3.63) is 15.0 Å². The van der Waals surface area contributed by atoms with Crippen LogP contribution in [-0.4, -0.2) is 11.4 Å². The third-order valence-corrected chi connectivity index (χ3v) is 3.32. The molecule has 2 rings (SSSR count). The molecule has 0 atom stereocenters. The van der Waals surface area contributed by atoms with E-state index in [9.17, 15) is 8.78 Å². The van der Waals surface area contributed by atoms with Crippen LogP contribution in [-0.2, 0) is 0 Å². The number of nitrogens with one attached hydrogen (secondary N) is 1. The van der Waals surface area contributed by atoms with Gasteiger partial charge in [-0.3, -0.25) is 0 Å². The maximum Gasteiger partial charge on any atom is 0.586 e. The molecule has 0 amide bonds. The number of nitrogens with two attached hydrogens (primary N) is 1. The Balaban J connectivity index is 2.50. The smallest absolute Gasteiger partial charge is 0.395 e. The Labute approximate surface area is 117 Å². The van der Waals surface area contributed by atoms with Gasteiger partial charge in [-0.25, -0.2) is 0 Å². The van der Waals surface area contributed by atoms with Gasteiger partial charge in [-0.1, -0.05) is 0 Å². The number of fused-ring (bicyclic) bond motifs is 1. The molecule has 1 aromatic carbocycles. The van der Waals surface area contributed by atoms with Crippen LogP contribution >= 0.6 is 44.1 Å². The van der Waals surface area contributed by atoms with Crippen LogP contribution in [0.2, 0.25) is 0 Å². The fourth-order valence-corrected chi connectivity index (χ4v) is 2.72. The summed E-state index contributed by atoms with van der Waals surface area (Å²) in [5, 5.41) is 2.63. The first-order valence-corrected chi connectivity index (χ1v) is 6.14. The highest BCUT2D eigenvalue weighted by atomic mass is 79.9. The lowest BCUT2D eigenvalue weighted by molar-refractivity contribution is -0.286. The summed E-state index contributed by atoms with van der Waals surface area (Å²) in [5.74, 6) is -0.195. The SMILES string of the molecule is NC(=S)Nc1c(Br)cc2c(c1Br)OC(F)(F)O2. The van der Waals surface area contributed by atoms with Gasteiger partial charge in [-0.15, -0.1) is 8.78 Å². The first-order chi connectivity index (χ1) is 7.80. The predicted octanol–water partition coefficient (Wildman–Crippen LogP) is 3.19. The molecule has 1 aliphatic heterocycles. The molecule has 0 radical (unpaired) electrons. The van der Waals surface area contributed by atoms with Crippen molar-refractivity contribution in [1.29, 1.82) is 0 Å². The number of benzene rings is 1. The number of ether oxygens (including phenoxy) is 2. The molecule has 9 heteroatoms. The Morgan fingerprint density at radius 1 is 1.41 bits per heavy atom. The second-order valence-corrected chi connectivity index (χ2v) is 5.12. The van der Waals surface area contributed by atoms with Crippen molar-refractivity contribution in [1.82, 2.24) is 0 Å². The van der Waals surface area contributed by atoms with Gasteiger partial charge in [0.25, 0.3) is 0 Å². The van der Waals surface area contributed by atoms with Crippen LogP contribution < -0.4 is 20.5 Å². The summed E-state index contributed by atoms with van der Waals surface area (Å²) in [7, 11) is 0. The molecule has 0 saturated heterocycles. The summed E-state index contributed by atoms with van der Waals surface area (Å²) < 4.78 is 35.1. The van der Waals surface area contributed by atoms with E-state index in [2.05, 4.69) is 58.9 Å². The number of hydrogen-bond donors (Lipinski definition) is 2. The highest BCUT2D eigenvalue weighted by Crippen LogP contribution is 2.51. The number of anilines is 1. The fourth-order valence-electron chi connectivity index (χ4n) is 1.26. The van der Waals surface area contributed by atoms with Crippen molar-refractivity contribution < 1.29 is 18.3 Å². The molecule has 0 aliphatic carbocycles. The quantitative estimate of drug-likeness (QED) is 0.722. The van der Waals surface area contributed by atoms with Crippen molar-refractivity contribution in [3.63, 3.8) is 0 Å². The minimum Gasteiger partial charge on any atom is -0.395 e. The second-order valence-electron chi connectivity index (χ2n) is 3.03. The zero-order valence-electron chi connectivity index (χ0n) is 7.89. The molecular formula is C8H4Br2F2N2O2S. The Morgan fingerprint density at radius 2 is 2.06 bits per heavy atom. The summed E-state index contributed by atoms with van der Waals surface area (Å²) in [6.45, 7) is 0. The molecule has 0 spiro atoms. The van der Waals surface area contributed by atoms with Crippen LogP contribution in [0.3, 0.4) is 0 Å². The van der Waals surface area contributed by atoms with E-state index in [-0.39, 0.29) is 21.1 Å². The number of alkyl halides is 2. The van der Waals surface area contributed by atoms with Crippen molar-refractivity contribution in [2.24, 2.45) is 5.73 Å². The third-order valence-electron chi connectivity index (χ3n) is 1.84. The van der Waals surface area contributed by atoms with Gasteiger partial charge in [-0.05, 0) is 44.1 Å². The minimum atomic E-state index is -3.67. The second kappa shape index (κ2) is 4.21. The van der Waals surface area contributed by atoms with Gasteiger partial charge in [0.15, 0.2) is 16.6 Å². The lowest BCUT2D eigenvalue weighted by atomic mass is 10.3. The highest BCUT2D eigenvalue weighted by Gasteiger charge is 2.45. The van der Waals surface area contributed by atoms with Gasteiger partial charge in [0.1, 0.15) is 0 Å². The number of rotatable bonds is 1. The fraction of sp³-hybridized carbons (Fsp3) is 0.125. The Morgan fingerprint density at radius 3 is 2.65 bits per heavy atom.